The van der Waals surface area contributed by atoms with Crippen LogP contribution in [-0.2, 0) is 9.53 Å². The molecule has 0 spiro atoms. The van der Waals surface area contributed by atoms with Crippen molar-refractivity contribution in [1.82, 2.24) is 5.32 Å². The van der Waals surface area contributed by atoms with Crippen molar-refractivity contribution in [3.8, 4) is 0 Å². The lowest BCUT2D eigenvalue weighted by Crippen LogP contribution is -2.33. The molecular weight excluding hydrogens is 374 g/mol. The topological polar surface area (TPSA) is 50.4 Å². The Morgan fingerprint density at radius 2 is 2.20 bits per heavy atom. The number of carbonyl (C=O) groups is 1. The summed E-state index contributed by atoms with van der Waals surface area (Å²) in [6.07, 6.45) is 2.57. The minimum atomic E-state index is -0.304. The number of benzene rings is 1. The molecular formula is C14H18FIN2O2. The predicted molar refractivity (Wildman–Crippen MR) is 84.2 cm³/mol. The first-order valence-corrected chi connectivity index (χ1v) is 7.80. The summed E-state index contributed by atoms with van der Waals surface area (Å²) in [7, 11) is 0. The molecule has 1 fully saturated rings. The number of ether oxygens (including phenoxy) is 1. The van der Waals surface area contributed by atoms with E-state index in [9.17, 15) is 9.18 Å². The third kappa shape index (κ3) is 4.99. The molecule has 1 aromatic carbocycles. The fraction of sp³-hybridized carbons (Fsp3) is 0.500. The molecule has 1 aliphatic rings. The van der Waals surface area contributed by atoms with E-state index in [0.29, 0.717) is 22.3 Å². The van der Waals surface area contributed by atoms with Crippen LogP contribution in [0.25, 0.3) is 0 Å². The number of hydrogen-bond donors (Lipinski definition) is 2. The Kier molecular flexibility index (Phi) is 6.18. The molecule has 6 heteroatoms. The second kappa shape index (κ2) is 7.90. The minimum Gasteiger partial charge on any atom is -0.378 e. The summed E-state index contributed by atoms with van der Waals surface area (Å²) in [4.78, 5) is 11.8. The summed E-state index contributed by atoms with van der Waals surface area (Å²) in [6.45, 7) is 2.38. The van der Waals surface area contributed by atoms with Crippen molar-refractivity contribution in [2.45, 2.75) is 25.4 Å². The monoisotopic (exact) mass is 392 g/mol. The minimum absolute atomic E-state index is 0.108. The molecule has 0 saturated carbocycles. The van der Waals surface area contributed by atoms with Crippen molar-refractivity contribution in [3.63, 3.8) is 0 Å². The number of carbonyl (C=O) groups excluding carboxylic acids is 1. The first kappa shape index (κ1) is 15.7. The van der Waals surface area contributed by atoms with Crippen molar-refractivity contribution >= 4 is 34.2 Å². The van der Waals surface area contributed by atoms with E-state index in [1.807, 2.05) is 22.6 Å². The molecule has 0 aliphatic carbocycles. The average Bonchev–Trinajstić information content (AvgIpc) is 2.43. The van der Waals surface area contributed by atoms with E-state index in [-0.39, 0.29) is 17.8 Å². The maximum absolute atomic E-state index is 13.0. The summed E-state index contributed by atoms with van der Waals surface area (Å²) < 4.78 is 19.3. The van der Waals surface area contributed by atoms with E-state index in [4.69, 9.17) is 4.74 Å². The summed E-state index contributed by atoms with van der Waals surface area (Å²) in [5.74, 6) is -0.412. The summed E-state index contributed by atoms with van der Waals surface area (Å²) in [5.41, 5.74) is 0.638. The molecule has 1 heterocycles. The van der Waals surface area contributed by atoms with Crippen molar-refractivity contribution < 1.29 is 13.9 Å². The van der Waals surface area contributed by atoms with E-state index >= 15 is 0 Å². The van der Waals surface area contributed by atoms with Crippen molar-refractivity contribution in [2.24, 2.45) is 0 Å². The van der Waals surface area contributed by atoms with Crippen molar-refractivity contribution in [1.29, 1.82) is 0 Å². The Hall–Kier alpha value is -0.730. The standard InChI is InChI=1S/C14H18FIN2O2/c15-10-1-2-13(12(16)9-10)18-14(19)5-8-20-11-3-6-17-7-4-11/h1-2,9,11,17H,3-8H2,(H,18,19). The SMILES string of the molecule is O=C(CCOC1CCNCC1)Nc1ccc(F)cc1I. The quantitative estimate of drug-likeness (QED) is 0.758. The van der Waals surface area contributed by atoms with E-state index in [2.05, 4.69) is 10.6 Å². The Bertz CT molecular complexity index is 464. The van der Waals surface area contributed by atoms with Gasteiger partial charge in [-0.1, -0.05) is 0 Å². The van der Waals surface area contributed by atoms with Gasteiger partial charge in [-0.25, -0.2) is 4.39 Å². The fourth-order valence-corrected chi connectivity index (χ4v) is 2.70. The Labute approximate surface area is 131 Å². The van der Waals surface area contributed by atoms with Crippen LogP contribution >= 0.6 is 22.6 Å². The van der Waals surface area contributed by atoms with Crippen molar-refractivity contribution in [3.05, 3.63) is 27.6 Å². The lowest BCUT2D eigenvalue weighted by molar-refractivity contribution is -0.117. The maximum atomic E-state index is 13.0. The Morgan fingerprint density at radius 1 is 1.45 bits per heavy atom. The predicted octanol–water partition coefficient (Wildman–Crippen LogP) is 2.53. The third-order valence-electron chi connectivity index (χ3n) is 3.17. The van der Waals surface area contributed by atoms with Gasteiger partial charge >= 0.3 is 0 Å². The molecule has 0 radical (unpaired) electrons. The number of nitrogens with one attached hydrogen (secondary N) is 2. The van der Waals surface area contributed by atoms with E-state index in [1.165, 1.54) is 12.1 Å². The van der Waals surface area contributed by atoms with E-state index in [1.54, 1.807) is 6.07 Å². The molecule has 2 N–H and O–H groups in total. The fourth-order valence-electron chi connectivity index (χ4n) is 2.08. The average molecular weight is 392 g/mol. The van der Waals surface area contributed by atoms with Crippen LogP contribution in [0.5, 0.6) is 0 Å². The molecule has 0 unspecified atom stereocenters. The number of hydrogen-bond acceptors (Lipinski definition) is 3. The van der Waals surface area contributed by atoms with Crippen LogP contribution in [0.4, 0.5) is 10.1 Å². The molecule has 1 amide bonds. The zero-order valence-electron chi connectivity index (χ0n) is 11.1. The van der Waals surface area contributed by atoms with Gasteiger partial charge in [-0.05, 0) is 66.7 Å². The highest BCUT2D eigenvalue weighted by molar-refractivity contribution is 14.1. The smallest absolute Gasteiger partial charge is 0.226 e. The third-order valence-corrected chi connectivity index (χ3v) is 4.07. The van der Waals surface area contributed by atoms with Gasteiger partial charge in [-0.3, -0.25) is 4.79 Å². The zero-order valence-corrected chi connectivity index (χ0v) is 13.3. The number of piperidine rings is 1. The molecule has 2 rings (SSSR count). The molecule has 0 bridgehead atoms. The first-order chi connectivity index (χ1) is 9.65. The molecule has 110 valence electrons. The van der Waals surface area contributed by atoms with Crippen LogP contribution in [0.2, 0.25) is 0 Å². The lowest BCUT2D eigenvalue weighted by Gasteiger charge is -2.22. The zero-order chi connectivity index (χ0) is 14.4. The summed E-state index contributed by atoms with van der Waals surface area (Å²) in [5, 5.41) is 6.04. The molecule has 1 saturated heterocycles. The van der Waals surface area contributed by atoms with Gasteiger partial charge in [0.05, 0.1) is 24.8 Å². The van der Waals surface area contributed by atoms with Crippen LogP contribution in [0, 0.1) is 9.39 Å². The molecule has 20 heavy (non-hydrogen) atoms. The largest absolute Gasteiger partial charge is 0.378 e. The second-order valence-electron chi connectivity index (χ2n) is 4.74. The van der Waals surface area contributed by atoms with Gasteiger partial charge in [-0.2, -0.15) is 0 Å². The van der Waals surface area contributed by atoms with Crippen LogP contribution in [0.3, 0.4) is 0 Å². The van der Waals surface area contributed by atoms with Gasteiger partial charge < -0.3 is 15.4 Å². The lowest BCUT2D eigenvalue weighted by atomic mass is 10.1. The number of rotatable bonds is 5. The molecule has 0 atom stereocenters. The number of anilines is 1. The maximum Gasteiger partial charge on any atom is 0.226 e. The normalized spacial score (nSPS) is 16.1. The highest BCUT2D eigenvalue weighted by atomic mass is 127. The van der Waals surface area contributed by atoms with E-state index in [0.717, 1.165) is 25.9 Å². The number of amides is 1. The van der Waals surface area contributed by atoms with Gasteiger partial charge in [0.15, 0.2) is 0 Å². The first-order valence-electron chi connectivity index (χ1n) is 6.72. The molecule has 1 aromatic rings. The summed E-state index contributed by atoms with van der Waals surface area (Å²) in [6, 6.07) is 4.30. The number of halogens is 2. The van der Waals surface area contributed by atoms with Gasteiger partial charge in [0.2, 0.25) is 5.91 Å². The second-order valence-corrected chi connectivity index (χ2v) is 5.90. The Morgan fingerprint density at radius 3 is 2.90 bits per heavy atom. The van der Waals surface area contributed by atoms with Gasteiger partial charge in [0, 0.05) is 3.57 Å². The Balaban J connectivity index is 1.72. The highest BCUT2D eigenvalue weighted by Crippen LogP contribution is 2.19. The molecule has 1 aliphatic heterocycles. The van der Waals surface area contributed by atoms with Crippen LogP contribution in [0.15, 0.2) is 18.2 Å². The van der Waals surface area contributed by atoms with Crippen LogP contribution in [0.1, 0.15) is 19.3 Å². The van der Waals surface area contributed by atoms with Gasteiger partial charge in [-0.15, -0.1) is 0 Å². The van der Waals surface area contributed by atoms with Crippen LogP contribution in [-0.4, -0.2) is 31.7 Å². The summed E-state index contributed by atoms with van der Waals surface area (Å²) >= 11 is 2.00. The molecule has 4 nitrogen and oxygen atoms in total. The van der Waals surface area contributed by atoms with Gasteiger partial charge in [0.25, 0.3) is 0 Å². The van der Waals surface area contributed by atoms with Crippen LogP contribution < -0.4 is 10.6 Å². The van der Waals surface area contributed by atoms with Crippen molar-refractivity contribution in [2.75, 3.05) is 25.0 Å². The molecule has 0 aromatic heterocycles. The highest BCUT2D eigenvalue weighted by Gasteiger charge is 2.14. The van der Waals surface area contributed by atoms with Gasteiger partial charge in [0.1, 0.15) is 5.82 Å². The van der Waals surface area contributed by atoms with E-state index < -0.39 is 0 Å².